The number of rotatable bonds is 3. The Morgan fingerprint density at radius 1 is 0.889 bits per heavy atom. The van der Waals surface area contributed by atoms with Crippen molar-refractivity contribution in [2.24, 2.45) is 0 Å². The largest absolute Gasteiger partial charge is 0.437 e. The van der Waals surface area contributed by atoms with Crippen LogP contribution in [0.3, 0.4) is 0 Å². The molecule has 0 atom stereocenters. The van der Waals surface area contributed by atoms with Crippen molar-refractivity contribution in [3.63, 3.8) is 0 Å². The molecule has 0 unspecified atom stereocenters. The molecule has 0 saturated heterocycles. The fraction of sp³-hybridized carbons (Fsp3) is 0.0476. The van der Waals surface area contributed by atoms with Crippen molar-refractivity contribution < 1.29 is 4.42 Å². The van der Waals surface area contributed by atoms with Gasteiger partial charge in [-0.3, -0.25) is 9.97 Å². The van der Waals surface area contributed by atoms with Gasteiger partial charge in [0.25, 0.3) is 5.89 Å². The third-order valence-corrected chi connectivity index (χ3v) is 4.45. The standard InChI is InChI=1S/C21H14N4O2/c26-21-25(13-16-10-9-15-6-2-4-8-18(15)23-16)24-20(27-21)19-17-7-3-1-5-14(17)11-12-22-19/h1-12H,13H2. The molecular formula is C21H14N4O2. The van der Waals surface area contributed by atoms with Gasteiger partial charge in [-0.05, 0) is 23.6 Å². The van der Waals surface area contributed by atoms with E-state index >= 15 is 0 Å². The monoisotopic (exact) mass is 354 g/mol. The minimum atomic E-state index is -0.533. The molecule has 0 aliphatic rings. The molecule has 0 radical (unpaired) electrons. The first-order chi connectivity index (χ1) is 13.3. The number of benzene rings is 2. The van der Waals surface area contributed by atoms with E-state index in [1.54, 1.807) is 6.20 Å². The summed E-state index contributed by atoms with van der Waals surface area (Å²) in [6.45, 7) is 0.234. The first-order valence-corrected chi connectivity index (χ1v) is 8.55. The molecule has 0 amide bonds. The first kappa shape index (κ1) is 15.5. The van der Waals surface area contributed by atoms with Crippen LogP contribution < -0.4 is 5.76 Å². The molecule has 2 aromatic carbocycles. The zero-order valence-corrected chi connectivity index (χ0v) is 14.2. The second-order valence-corrected chi connectivity index (χ2v) is 6.21. The number of para-hydroxylation sites is 1. The molecule has 0 spiro atoms. The second kappa shape index (κ2) is 6.17. The zero-order chi connectivity index (χ0) is 18.2. The number of aromatic nitrogens is 4. The van der Waals surface area contributed by atoms with Gasteiger partial charge in [0, 0.05) is 17.0 Å². The molecule has 6 nitrogen and oxygen atoms in total. The summed E-state index contributed by atoms with van der Waals surface area (Å²) >= 11 is 0. The van der Waals surface area contributed by atoms with Crippen LogP contribution in [0.5, 0.6) is 0 Å². The molecule has 130 valence electrons. The predicted molar refractivity (Wildman–Crippen MR) is 102 cm³/mol. The van der Waals surface area contributed by atoms with Crippen LogP contribution in [0, 0.1) is 0 Å². The Morgan fingerprint density at radius 2 is 1.70 bits per heavy atom. The van der Waals surface area contributed by atoms with E-state index in [2.05, 4.69) is 15.1 Å². The van der Waals surface area contributed by atoms with Crippen LogP contribution in [0.4, 0.5) is 0 Å². The van der Waals surface area contributed by atoms with Crippen molar-refractivity contribution in [1.29, 1.82) is 0 Å². The van der Waals surface area contributed by atoms with E-state index in [1.165, 1.54) is 4.68 Å². The van der Waals surface area contributed by atoms with Gasteiger partial charge in [-0.25, -0.2) is 4.79 Å². The lowest BCUT2D eigenvalue weighted by Gasteiger charge is -2.02. The Balaban J connectivity index is 1.55. The van der Waals surface area contributed by atoms with Crippen LogP contribution >= 0.6 is 0 Å². The number of hydrogen-bond donors (Lipinski definition) is 0. The van der Waals surface area contributed by atoms with E-state index in [0.29, 0.717) is 5.69 Å². The highest BCUT2D eigenvalue weighted by atomic mass is 16.4. The van der Waals surface area contributed by atoms with E-state index in [-0.39, 0.29) is 12.4 Å². The minimum Gasteiger partial charge on any atom is -0.386 e. The zero-order valence-electron chi connectivity index (χ0n) is 14.2. The van der Waals surface area contributed by atoms with Crippen LogP contribution in [-0.4, -0.2) is 19.7 Å². The molecule has 6 heteroatoms. The maximum absolute atomic E-state index is 12.3. The average Bonchev–Trinajstić information content (AvgIpc) is 3.07. The van der Waals surface area contributed by atoms with Crippen molar-refractivity contribution in [2.75, 3.05) is 0 Å². The summed E-state index contributed by atoms with van der Waals surface area (Å²) < 4.78 is 6.65. The molecular weight excluding hydrogens is 340 g/mol. The summed E-state index contributed by atoms with van der Waals surface area (Å²) in [6.07, 6.45) is 1.68. The normalized spacial score (nSPS) is 11.3. The Morgan fingerprint density at radius 3 is 2.63 bits per heavy atom. The smallest absolute Gasteiger partial charge is 0.386 e. The molecule has 3 aromatic heterocycles. The molecule has 5 rings (SSSR count). The summed E-state index contributed by atoms with van der Waals surface area (Å²) in [5, 5.41) is 7.29. The van der Waals surface area contributed by atoms with Crippen molar-refractivity contribution in [2.45, 2.75) is 6.54 Å². The van der Waals surface area contributed by atoms with Crippen LogP contribution in [0.1, 0.15) is 5.69 Å². The maximum Gasteiger partial charge on any atom is 0.437 e. The molecule has 0 aliphatic carbocycles. The lowest BCUT2D eigenvalue weighted by Crippen LogP contribution is -2.17. The predicted octanol–water partition coefficient (Wildman–Crippen LogP) is 3.65. The van der Waals surface area contributed by atoms with Crippen molar-refractivity contribution in [3.8, 4) is 11.6 Å². The Hall–Kier alpha value is -3.80. The van der Waals surface area contributed by atoms with Crippen LogP contribution in [-0.2, 0) is 6.54 Å². The Kier molecular flexibility index (Phi) is 3.53. The van der Waals surface area contributed by atoms with Crippen LogP contribution in [0.25, 0.3) is 33.3 Å². The molecule has 0 fully saturated rings. The number of pyridine rings is 2. The Labute approximate surface area is 153 Å². The molecule has 27 heavy (non-hydrogen) atoms. The van der Waals surface area contributed by atoms with Gasteiger partial charge in [0.2, 0.25) is 0 Å². The molecule has 3 heterocycles. The molecule has 5 aromatic rings. The average molecular weight is 354 g/mol. The van der Waals surface area contributed by atoms with E-state index in [9.17, 15) is 4.79 Å². The quantitative estimate of drug-likeness (QED) is 0.494. The van der Waals surface area contributed by atoms with Gasteiger partial charge in [0.1, 0.15) is 5.69 Å². The summed E-state index contributed by atoms with van der Waals surface area (Å²) in [6, 6.07) is 21.4. The number of nitrogens with zero attached hydrogens (tertiary/aromatic N) is 4. The number of hydrogen-bond acceptors (Lipinski definition) is 5. The van der Waals surface area contributed by atoms with Gasteiger partial charge >= 0.3 is 5.76 Å². The van der Waals surface area contributed by atoms with Crippen LogP contribution in [0.15, 0.2) is 82.1 Å². The van der Waals surface area contributed by atoms with Crippen molar-refractivity contribution in [3.05, 3.63) is 89.2 Å². The maximum atomic E-state index is 12.3. The summed E-state index contributed by atoms with van der Waals surface area (Å²) in [4.78, 5) is 21.2. The van der Waals surface area contributed by atoms with Gasteiger partial charge in [-0.2, -0.15) is 4.68 Å². The third kappa shape index (κ3) is 2.77. The van der Waals surface area contributed by atoms with Gasteiger partial charge < -0.3 is 4.42 Å². The summed E-state index contributed by atoms with van der Waals surface area (Å²) in [7, 11) is 0. The van der Waals surface area contributed by atoms with Gasteiger partial charge in [0.15, 0.2) is 0 Å². The molecule has 0 aliphatic heterocycles. The lowest BCUT2D eigenvalue weighted by molar-refractivity contribution is 0.493. The Bertz CT molecular complexity index is 1330. The summed E-state index contributed by atoms with van der Waals surface area (Å²) in [5.41, 5.74) is 2.17. The highest BCUT2D eigenvalue weighted by Gasteiger charge is 2.15. The van der Waals surface area contributed by atoms with Crippen molar-refractivity contribution in [1.82, 2.24) is 19.7 Å². The van der Waals surface area contributed by atoms with Gasteiger partial charge in [-0.15, -0.1) is 5.10 Å². The minimum absolute atomic E-state index is 0.206. The fourth-order valence-electron chi connectivity index (χ4n) is 3.14. The van der Waals surface area contributed by atoms with E-state index in [1.807, 2.05) is 66.7 Å². The van der Waals surface area contributed by atoms with Gasteiger partial charge in [0.05, 0.1) is 17.8 Å². The molecule has 0 N–H and O–H groups in total. The topological polar surface area (TPSA) is 73.8 Å². The van der Waals surface area contributed by atoms with Crippen molar-refractivity contribution >= 4 is 21.7 Å². The highest BCUT2D eigenvalue weighted by molar-refractivity contribution is 5.92. The fourth-order valence-corrected chi connectivity index (χ4v) is 3.14. The lowest BCUT2D eigenvalue weighted by atomic mass is 10.1. The highest BCUT2D eigenvalue weighted by Crippen LogP contribution is 2.24. The SMILES string of the molecule is O=c1oc(-c2nccc3ccccc23)nn1Cc1ccc2ccccc2n1. The molecule has 0 saturated carbocycles. The summed E-state index contributed by atoms with van der Waals surface area (Å²) in [5.74, 6) is -0.327. The van der Waals surface area contributed by atoms with E-state index < -0.39 is 5.76 Å². The third-order valence-electron chi connectivity index (χ3n) is 4.45. The van der Waals surface area contributed by atoms with Crippen LogP contribution in [0.2, 0.25) is 0 Å². The first-order valence-electron chi connectivity index (χ1n) is 8.55. The van der Waals surface area contributed by atoms with Gasteiger partial charge in [-0.1, -0.05) is 48.5 Å². The van der Waals surface area contributed by atoms with E-state index in [4.69, 9.17) is 4.42 Å². The molecule has 0 bridgehead atoms. The van der Waals surface area contributed by atoms with E-state index in [0.717, 1.165) is 27.4 Å². The number of fused-ring (bicyclic) bond motifs is 2. The second-order valence-electron chi connectivity index (χ2n) is 6.21.